The van der Waals surface area contributed by atoms with Gasteiger partial charge in [-0.15, -0.1) is 0 Å². The summed E-state index contributed by atoms with van der Waals surface area (Å²) in [6.45, 7) is 1.53. The number of fused-ring (bicyclic) bond motifs is 1. The summed E-state index contributed by atoms with van der Waals surface area (Å²) in [6.07, 6.45) is -2.58. The predicted octanol–water partition coefficient (Wildman–Crippen LogP) is 2.34. The van der Waals surface area contributed by atoms with Crippen molar-refractivity contribution in [3.05, 3.63) is 59.7 Å². The van der Waals surface area contributed by atoms with Crippen LogP contribution in [0.2, 0.25) is 0 Å². The molecule has 0 aromatic heterocycles. The number of carbonyl (C=O) groups excluding carboxylic acids is 1. The minimum Gasteiger partial charge on any atom is -0.482 e. The Labute approximate surface area is 143 Å². The van der Waals surface area contributed by atoms with Crippen molar-refractivity contribution < 1.29 is 28.2 Å². The van der Waals surface area contributed by atoms with Gasteiger partial charge >= 0.3 is 0 Å². The standard InChI is InChI=1S/C18H17F2NO4/c1-10-17(25-16-5-3-2-4-15(16)24-10)18(23)21-9-14(22)11-6-7-12(19)13(20)8-11/h2-8,10,14,17,22H,9H2,1H3,(H,21,23)/t10-,14-,17-/m0/s1. The van der Waals surface area contributed by atoms with Gasteiger partial charge in [0.2, 0.25) is 6.10 Å². The summed E-state index contributed by atoms with van der Waals surface area (Å²) >= 11 is 0. The zero-order chi connectivity index (χ0) is 18.0. The average molecular weight is 349 g/mol. The molecule has 2 aromatic carbocycles. The van der Waals surface area contributed by atoms with Crippen LogP contribution < -0.4 is 14.8 Å². The lowest BCUT2D eigenvalue weighted by Gasteiger charge is -2.31. The van der Waals surface area contributed by atoms with E-state index in [9.17, 15) is 18.7 Å². The molecule has 25 heavy (non-hydrogen) atoms. The maximum absolute atomic E-state index is 13.2. The van der Waals surface area contributed by atoms with E-state index in [1.807, 2.05) is 0 Å². The normalized spacial score (nSPS) is 20.0. The molecule has 0 bridgehead atoms. The zero-order valence-electron chi connectivity index (χ0n) is 13.4. The smallest absolute Gasteiger partial charge is 0.265 e. The maximum atomic E-state index is 13.2. The maximum Gasteiger partial charge on any atom is 0.265 e. The lowest BCUT2D eigenvalue weighted by atomic mass is 10.1. The van der Waals surface area contributed by atoms with Crippen molar-refractivity contribution in [2.24, 2.45) is 0 Å². The number of aliphatic hydroxyl groups is 1. The van der Waals surface area contributed by atoms with Gasteiger partial charge in [-0.2, -0.15) is 0 Å². The minimum absolute atomic E-state index is 0.165. The summed E-state index contributed by atoms with van der Waals surface area (Å²) in [5.74, 6) is -1.51. The molecule has 2 aromatic rings. The molecule has 1 amide bonds. The van der Waals surface area contributed by atoms with E-state index in [1.165, 1.54) is 6.07 Å². The highest BCUT2D eigenvalue weighted by molar-refractivity contribution is 5.82. The van der Waals surface area contributed by atoms with Crippen LogP contribution in [-0.2, 0) is 4.79 Å². The summed E-state index contributed by atoms with van der Waals surface area (Å²) in [5, 5.41) is 12.6. The quantitative estimate of drug-likeness (QED) is 0.889. The Morgan fingerprint density at radius 1 is 1.16 bits per heavy atom. The van der Waals surface area contributed by atoms with Gasteiger partial charge in [0.05, 0.1) is 6.10 Å². The van der Waals surface area contributed by atoms with Gasteiger partial charge < -0.3 is 19.9 Å². The van der Waals surface area contributed by atoms with Crippen LogP contribution in [0.3, 0.4) is 0 Å². The van der Waals surface area contributed by atoms with E-state index in [0.29, 0.717) is 11.5 Å². The van der Waals surface area contributed by atoms with Crippen LogP contribution in [0, 0.1) is 11.6 Å². The molecule has 1 heterocycles. The van der Waals surface area contributed by atoms with Gasteiger partial charge in [-0.05, 0) is 36.8 Å². The van der Waals surface area contributed by atoms with Gasteiger partial charge in [-0.25, -0.2) is 8.78 Å². The Balaban J connectivity index is 1.61. The molecule has 0 unspecified atom stereocenters. The highest BCUT2D eigenvalue weighted by atomic mass is 19.2. The van der Waals surface area contributed by atoms with E-state index in [-0.39, 0.29) is 12.1 Å². The van der Waals surface area contributed by atoms with Crippen LogP contribution in [0.15, 0.2) is 42.5 Å². The third-order valence-electron chi connectivity index (χ3n) is 3.90. The lowest BCUT2D eigenvalue weighted by Crippen LogP contribution is -2.49. The van der Waals surface area contributed by atoms with Gasteiger partial charge in [0.25, 0.3) is 5.91 Å². The molecule has 2 N–H and O–H groups in total. The third-order valence-corrected chi connectivity index (χ3v) is 3.90. The van der Waals surface area contributed by atoms with Gasteiger partial charge in [0.15, 0.2) is 23.1 Å². The second-order valence-electron chi connectivity index (χ2n) is 5.74. The molecule has 5 nitrogen and oxygen atoms in total. The Morgan fingerprint density at radius 2 is 1.84 bits per heavy atom. The van der Waals surface area contributed by atoms with Crippen molar-refractivity contribution in [2.45, 2.75) is 25.2 Å². The van der Waals surface area contributed by atoms with E-state index in [2.05, 4.69) is 5.32 Å². The molecule has 7 heteroatoms. The minimum atomic E-state index is -1.17. The van der Waals surface area contributed by atoms with Crippen molar-refractivity contribution in [3.8, 4) is 11.5 Å². The van der Waals surface area contributed by atoms with E-state index in [0.717, 1.165) is 12.1 Å². The van der Waals surface area contributed by atoms with Crippen LogP contribution in [0.4, 0.5) is 8.78 Å². The van der Waals surface area contributed by atoms with E-state index in [4.69, 9.17) is 9.47 Å². The molecule has 0 aliphatic carbocycles. The van der Waals surface area contributed by atoms with Gasteiger partial charge in [0.1, 0.15) is 6.10 Å². The number of nitrogens with one attached hydrogen (secondary N) is 1. The van der Waals surface area contributed by atoms with Gasteiger partial charge in [0, 0.05) is 6.54 Å². The molecule has 3 atom stereocenters. The fourth-order valence-electron chi connectivity index (χ4n) is 2.54. The number of hydrogen-bond donors (Lipinski definition) is 2. The Morgan fingerprint density at radius 3 is 2.52 bits per heavy atom. The molecule has 0 spiro atoms. The summed E-state index contributed by atoms with van der Waals surface area (Å²) < 4.78 is 37.4. The fourth-order valence-corrected chi connectivity index (χ4v) is 2.54. The van der Waals surface area contributed by atoms with Crippen LogP contribution in [0.1, 0.15) is 18.6 Å². The highest BCUT2D eigenvalue weighted by Crippen LogP contribution is 2.33. The molecule has 1 aliphatic heterocycles. The van der Waals surface area contributed by atoms with Gasteiger partial charge in [-0.1, -0.05) is 18.2 Å². The number of halogens is 2. The molecule has 3 rings (SSSR count). The van der Waals surface area contributed by atoms with Crippen LogP contribution in [-0.4, -0.2) is 29.8 Å². The fraction of sp³-hybridized carbons (Fsp3) is 0.278. The molecule has 0 radical (unpaired) electrons. The number of ether oxygens (including phenoxy) is 2. The summed E-state index contributed by atoms with van der Waals surface area (Å²) in [6, 6.07) is 10.1. The van der Waals surface area contributed by atoms with Crippen molar-refractivity contribution in [1.29, 1.82) is 0 Å². The SMILES string of the molecule is C[C@@H]1Oc2ccccc2O[C@@H]1C(=O)NC[C@H](O)c1ccc(F)c(F)c1. The summed E-state index contributed by atoms with van der Waals surface area (Å²) in [7, 11) is 0. The Hall–Kier alpha value is -2.67. The second kappa shape index (κ2) is 7.06. The Bertz CT molecular complexity index is 783. The molecule has 0 saturated carbocycles. The largest absolute Gasteiger partial charge is 0.482 e. The molecule has 132 valence electrons. The number of benzene rings is 2. The summed E-state index contributed by atoms with van der Waals surface area (Å²) in [5.41, 5.74) is 0.165. The summed E-state index contributed by atoms with van der Waals surface area (Å²) in [4.78, 5) is 12.3. The number of aliphatic hydroxyl groups excluding tert-OH is 1. The zero-order valence-corrected chi connectivity index (χ0v) is 13.4. The van der Waals surface area contributed by atoms with E-state index >= 15 is 0 Å². The second-order valence-corrected chi connectivity index (χ2v) is 5.74. The number of amides is 1. The first-order valence-corrected chi connectivity index (χ1v) is 7.79. The molecule has 0 fully saturated rings. The number of hydrogen-bond acceptors (Lipinski definition) is 4. The lowest BCUT2D eigenvalue weighted by molar-refractivity contribution is -0.133. The average Bonchev–Trinajstić information content (AvgIpc) is 2.61. The third kappa shape index (κ3) is 3.71. The first-order valence-electron chi connectivity index (χ1n) is 7.79. The van der Waals surface area contributed by atoms with E-state index < -0.39 is 35.9 Å². The van der Waals surface area contributed by atoms with Crippen molar-refractivity contribution >= 4 is 5.91 Å². The molecule has 1 aliphatic rings. The number of rotatable bonds is 4. The first kappa shape index (κ1) is 17.2. The number of para-hydroxylation sites is 2. The molecular formula is C18H17F2NO4. The van der Waals surface area contributed by atoms with Crippen LogP contribution in [0.5, 0.6) is 11.5 Å². The van der Waals surface area contributed by atoms with Crippen molar-refractivity contribution in [1.82, 2.24) is 5.32 Å². The topological polar surface area (TPSA) is 67.8 Å². The van der Waals surface area contributed by atoms with Crippen LogP contribution >= 0.6 is 0 Å². The predicted molar refractivity (Wildman–Crippen MR) is 85.3 cm³/mol. The highest BCUT2D eigenvalue weighted by Gasteiger charge is 2.34. The first-order chi connectivity index (χ1) is 12.0. The van der Waals surface area contributed by atoms with E-state index in [1.54, 1.807) is 31.2 Å². The Kier molecular flexibility index (Phi) is 4.85. The van der Waals surface area contributed by atoms with Gasteiger partial charge in [-0.3, -0.25) is 4.79 Å². The van der Waals surface area contributed by atoms with Crippen molar-refractivity contribution in [3.63, 3.8) is 0 Å². The molecular weight excluding hydrogens is 332 g/mol. The van der Waals surface area contributed by atoms with Crippen molar-refractivity contribution in [2.75, 3.05) is 6.54 Å². The number of carbonyl (C=O) groups is 1. The molecule has 0 saturated heterocycles. The van der Waals surface area contributed by atoms with Crippen LogP contribution in [0.25, 0.3) is 0 Å². The monoisotopic (exact) mass is 349 g/mol.